The van der Waals surface area contributed by atoms with Crippen LogP contribution in [0.2, 0.25) is 5.02 Å². The maximum Gasteiger partial charge on any atom is 0.258 e. The highest BCUT2D eigenvalue weighted by Gasteiger charge is 2.23. The molecule has 0 spiro atoms. The Bertz CT molecular complexity index is 657. The average Bonchev–Trinajstić information content (AvgIpc) is 2.53. The maximum atomic E-state index is 11.8. The lowest BCUT2D eigenvalue weighted by Gasteiger charge is -2.24. The Labute approximate surface area is 148 Å². The predicted molar refractivity (Wildman–Crippen MR) is 93.7 cm³/mol. The van der Waals surface area contributed by atoms with Gasteiger partial charge in [-0.3, -0.25) is 4.79 Å². The number of hydrogen-bond acceptors (Lipinski definition) is 3. The standard InChI is InChI=1S/C17H17BrClNO3/c1-17(22,12-2-4-13(18)5-3-12)11-20-16(21)10-23-15-8-6-14(19)7-9-15/h2-9,22H,10-11H2,1H3,(H,20,21). The number of halogens is 2. The number of nitrogens with one attached hydrogen (secondary N) is 1. The zero-order valence-electron chi connectivity index (χ0n) is 12.6. The molecule has 1 atom stereocenters. The molecule has 6 heteroatoms. The van der Waals surface area contributed by atoms with Gasteiger partial charge < -0.3 is 15.2 Å². The topological polar surface area (TPSA) is 58.6 Å². The third kappa shape index (κ3) is 5.53. The zero-order valence-corrected chi connectivity index (χ0v) is 14.9. The van der Waals surface area contributed by atoms with Gasteiger partial charge >= 0.3 is 0 Å². The van der Waals surface area contributed by atoms with E-state index < -0.39 is 5.60 Å². The van der Waals surface area contributed by atoms with E-state index in [4.69, 9.17) is 16.3 Å². The van der Waals surface area contributed by atoms with E-state index in [1.54, 1.807) is 43.3 Å². The van der Waals surface area contributed by atoms with Gasteiger partial charge in [0.25, 0.3) is 5.91 Å². The fourth-order valence-electron chi connectivity index (χ4n) is 1.91. The van der Waals surface area contributed by atoms with Gasteiger partial charge in [0.1, 0.15) is 11.4 Å². The quantitative estimate of drug-likeness (QED) is 0.783. The van der Waals surface area contributed by atoms with Crippen LogP contribution in [0.3, 0.4) is 0 Å². The molecule has 2 rings (SSSR count). The van der Waals surface area contributed by atoms with Crippen LogP contribution in [0.25, 0.3) is 0 Å². The summed E-state index contributed by atoms with van der Waals surface area (Å²) in [4.78, 5) is 11.8. The smallest absolute Gasteiger partial charge is 0.258 e. The van der Waals surface area contributed by atoms with Crippen molar-refractivity contribution in [2.75, 3.05) is 13.2 Å². The lowest BCUT2D eigenvalue weighted by atomic mass is 9.96. The number of carbonyl (C=O) groups is 1. The van der Waals surface area contributed by atoms with Gasteiger partial charge in [-0.15, -0.1) is 0 Å². The zero-order chi connectivity index (χ0) is 16.9. The Balaban J connectivity index is 1.83. The van der Waals surface area contributed by atoms with Crippen LogP contribution >= 0.6 is 27.5 Å². The van der Waals surface area contributed by atoms with E-state index >= 15 is 0 Å². The summed E-state index contributed by atoms with van der Waals surface area (Å²) in [5, 5.41) is 13.7. The minimum atomic E-state index is -1.16. The molecule has 0 saturated heterocycles. The third-order valence-electron chi connectivity index (χ3n) is 3.28. The van der Waals surface area contributed by atoms with Crippen LogP contribution in [0, 0.1) is 0 Å². The molecule has 2 N–H and O–H groups in total. The lowest BCUT2D eigenvalue weighted by Crippen LogP contribution is -2.40. The second-order valence-electron chi connectivity index (χ2n) is 5.30. The van der Waals surface area contributed by atoms with Gasteiger partial charge in [0.15, 0.2) is 6.61 Å². The summed E-state index contributed by atoms with van der Waals surface area (Å²) in [5.41, 5.74) is -0.434. The summed E-state index contributed by atoms with van der Waals surface area (Å²) in [6, 6.07) is 14.0. The number of benzene rings is 2. The second-order valence-corrected chi connectivity index (χ2v) is 6.65. The molecule has 4 nitrogen and oxygen atoms in total. The molecule has 0 aliphatic rings. The summed E-state index contributed by atoms with van der Waals surface area (Å²) < 4.78 is 6.28. The second kappa shape index (κ2) is 7.81. The van der Waals surface area contributed by atoms with Crippen molar-refractivity contribution < 1.29 is 14.6 Å². The van der Waals surface area contributed by atoms with Crippen molar-refractivity contribution in [1.29, 1.82) is 0 Å². The molecule has 0 radical (unpaired) electrons. The number of aliphatic hydroxyl groups is 1. The fraction of sp³-hybridized carbons (Fsp3) is 0.235. The van der Waals surface area contributed by atoms with Crippen molar-refractivity contribution in [1.82, 2.24) is 5.32 Å². The SMILES string of the molecule is CC(O)(CNC(=O)COc1ccc(Cl)cc1)c1ccc(Br)cc1. The van der Waals surface area contributed by atoms with E-state index in [-0.39, 0.29) is 19.1 Å². The molecule has 0 fully saturated rings. The summed E-state index contributed by atoms with van der Waals surface area (Å²) in [6.45, 7) is 1.62. The van der Waals surface area contributed by atoms with Crippen LogP contribution in [-0.2, 0) is 10.4 Å². The Kier molecular flexibility index (Phi) is 6.04. The summed E-state index contributed by atoms with van der Waals surface area (Å²) in [5.74, 6) is 0.251. The normalized spacial score (nSPS) is 13.2. The highest BCUT2D eigenvalue weighted by molar-refractivity contribution is 9.10. The van der Waals surface area contributed by atoms with Crippen LogP contribution in [0.4, 0.5) is 0 Å². The summed E-state index contributed by atoms with van der Waals surface area (Å²) in [6.07, 6.45) is 0. The van der Waals surface area contributed by atoms with E-state index in [1.165, 1.54) is 0 Å². The van der Waals surface area contributed by atoms with Crippen molar-refractivity contribution in [2.45, 2.75) is 12.5 Å². The number of amides is 1. The molecule has 2 aromatic rings. The van der Waals surface area contributed by atoms with Gasteiger partial charge in [0, 0.05) is 9.50 Å². The van der Waals surface area contributed by atoms with Crippen LogP contribution in [0.5, 0.6) is 5.75 Å². The molecule has 0 aromatic heterocycles. The van der Waals surface area contributed by atoms with E-state index in [2.05, 4.69) is 21.2 Å². The Hall–Kier alpha value is -1.56. The van der Waals surface area contributed by atoms with Gasteiger partial charge in [0.05, 0.1) is 6.54 Å². The minimum Gasteiger partial charge on any atom is -0.484 e. The molecule has 0 heterocycles. The van der Waals surface area contributed by atoms with Crippen LogP contribution in [-0.4, -0.2) is 24.2 Å². The number of carbonyl (C=O) groups excluding carboxylic acids is 1. The summed E-state index contributed by atoms with van der Waals surface area (Å²) >= 11 is 9.12. The van der Waals surface area contributed by atoms with Crippen molar-refractivity contribution in [3.8, 4) is 5.75 Å². The van der Waals surface area contributed by atoms with Crippen molar-refractivity contribution in [3.05, 3.63) is 63.6 Å². The molecule has 1 unspecified atom stereocenters. The third-order valence-corrected chi connectivity index (χ3v) is 4.06. The number of ether oxygens (including phenoxy) is 1. The van der Waals surface area contributed by atoms with Crippen molar-refractivity contribution in [2.24, 2.45) is 0 Å². The molecule has 122 valence electrons. The first-order valence-electron chi connectivity index (χ1n) is 7.00. The first-order valence-corrected chi connectivity index (χ1v) is 8.17. The molecule has 1 amide bonds. The minimum absolute atomic E-state index is 0.0947. The maximum absolute atomic E-state index is 11.8. The number of hydrogen-bond donors (Lipinski definition) is 2. The molecule has 0 aliphatic heterocycles. The first kappa shape index (κ1) is 17.8. The van der Waals surface area contributed by atoms with E-state index in [0.717, 1.165) is 10.0 Å². The monoisotopic (exact) mass is 397 g/mol. The van der Waals surface area contributed by atoms with E-state index in [9.17, 15) is 9.90 Å². The summed E-state index contributed by atoms with van der Waals surface area (Å²) in [7, 11) is 0. The Morgan fingerprint density at radius 2 is 1.83 bits per heavy atom. The van der Waals surface area contributed by atoms with Gasteiger partial charge in [-0.2, -0.15) is 0 Å². The number of rotatable bonds is 6. The highest BCUT2D eigenvalue weighted by Crippen LogP contribution is 2.22. The molecule has 0 aliphatic carbocycles. The molecule has 2 aromatic carbocycles. The largest absolute Gasteiger partial charge is 0.484 e. The first-order chi connectivity index (χ1) is 10.9. The molecule has 23 heavy (non-hydrogen) atoms. The predicted octanol–water partition coefficient (Wildman–Crippen LogP) is 3.51. The highest BCUT2D eigenvalue weighted by atomic mass is 79.9. The average molecular weight is 399 g/mol. The molecule has 0 bridgehead atoms. The van der Waals surface area contributed by atoms with Crippen molar-refractivity contribution in [3.63, 3.8) is 0 Å². The van der Waals surface area contributed by atoms with Gasteiger partial charge in [-0.1, -0.05) is 39.7 Å². The molecule has 0 saturated carbocycles. The van der Waals surface area contributed by atoms with Crippen LogP contribution in [0.1, 0.15) is 12.5 Å². The van der Waals surface area contributed by atoms with Crippen LogP contribution in [0.15, 0.2) is 53.0 Å². The van der Waals surface area contributed by atoms with E-state index in [0.29, 0.717) is 10.8 Å². The Morgan fingerprint density at radius 1 is 1.22 bits per heavy atom. The lowest BCUT2D eigenvalue weighted by molar-refractivity contribution is -0.124. The van der Waals surface area contributed by atoms with Crippen molar-refractivity contribution >= 4 is 33.4 Å². The van der Waals surface area contributed by atoms with Crippen LogP contribution < -0.4 is 10.1 Å². The fourth-order valence-corrected chi connectivity index (χ4v) is 2.30. The Morgan fingerprint density at radius 3 is 2.43 bits per heavy atom. The molecular weight excluding hydrogens is 382 g/mol. The van der Waals surface area contributed by atoms with Gasteiger partial charge in [-0.25, -0.2) is 0 Å². The van der Waals surface area contributed by atoms with Gasteiger partial charge in [0.2, 0.25) is 0 Å². The van der Waals surface area contributed by atoms with Gasteiger partial charge in [-0.05, 0) is 48.9 Å². The molecular formula is C17H17BrClNO3. The van der Waals surface area contributed by atoms with E-state index in [1.807, 2.05) is 12.1 Å².